The predicted octanol–water partition coefficient (Wildman–Crippen LogP) is 3.00. The highest BCUT2D eigenvalue weighted by atomic mass is 32.1. The zero-order valence-electron chi connectivity index (χ0n) is 13.3. The summed E-state index contributed by atoms with van der Waals surface area (Å²) < 4.78 is 0. The van der Waals surface area contributed by atoms with Crippen molar-refractivity contribution in [1.29, 1.82) is 0 Å². The zero-order valence-corrected chi connectivity index (χ0v) is 14.1. The summed E-state index contributed by atoms with van der Waals surface area (Å²) in [7, 11) is 0. The first kappa shape index (κ1) is 16.5. The van der Waals surface area contributed by atoms with Crippen molar-refractivity contribution in [3.05, 3.63) is 52.0 Å². The number of aliphatic imine (C=N–C) groups is 1. The van der Waals surface area contributed by atoms with Gasteiger partial charge in [0, 0.05) is 18.5 Å². The molecule has 0 saturated heterocycles. The fourth-order valence-corrected chi connectivity index (χ4v) is 2.79. The average molecular weight is 316 g/mol. The number of rotatable bonds is 7. The standard InChI is InChI=1S/C17H24N4S/c1-3-16-21-15(13-22-16)12-20-17(18-4-2)19-11-10-14-8-6-5-7-9-14/h5-9,13H,3-4,10-12H2,1-2H3,(H2,18,19,20). The molecule has 0 saturated carbocycles. The van der Waals surface area contributed by atoms with E-state index in [1.165, 1.54) is 10.6 Å². The van der Waals surface area contributed by atoms with Crippen LogP contribution in [0.4, 0.5) is 0 Å². The first-order valence-corrected chi connectivity index (χ1v) is 8.69. The number of nitrogens with zero attached hydrogens (tertiary/aromatic N) is 2. The van der Waals surface area contributed by atoms with Gasteiger partial charge in [-0.3, -0.25) is 0 Å². The maximum Gasteiger partial charge on any atom is 0.191 e. The normalized spacial score (nSPS) is 11.5. The van der Waals surface area contributed by atoms with Crippen LogP contribution < -0.4 is 10.6 Å². The lowest BCUT2D eigenvalue weighted by Crippen LogP contribution is -2.38. The van der Waals surface area contributed by atoms with Crippen LogP contribution in [-0.2, 0) is 19.4 Å². The van der Waals surface area contributed by atoms with Crippen LogP contribution in [0.1, 0.15) is 30.1 Å². The quantitative estimate of drug-likeness (QED) is 0.610. The van der Waals surface area contributed by atoms with Crippen molar-refractivity contribution in [3.8, 4) is 0 Å². The molecule has 0 bridgehead atoms. The minimum Gasteiger partial charge on any atom is -0.357 e. The van der Waals surface area contributed by atoms with E-state index in [-0.39, 0.29) is 0 Å². The van der Waals surface area contributed by atoms with Crippen LogP contribution in [-0.4, -0.2) is 24.0 Å². The van der Waals surface area contributed by atoms with E-state index in [1.54, 1.807) is 11.3 Å². The molecule has 1 heterocycles. The van der Waals surface area contributed by atoms with E-state index in [9.17, 15) is 0 Å². The second kappa shape index (κ2) is 9.20. The Morgan fingerprint density at radius 2 is 2.00 bits per heavy atom. The van der Waals surface area contributed by atoms with Gasteiger partial charge in [-0.15, -0.1) is 11.3 Å². The van der Waals surface area contributed by atoms with Gasteiger partial charge in [-0.05, 0) is 25.3 Å². The molecular weight excluding hydrogens is 292 g/mol. The average Bonchev–Trinajstić information content (AvgIpc) is 3.02. The Bertz CT molecular complexity index is 577. The van der Waals surface area contributed by atoms with E-state index in [4.69, 9.17) is 0 Å². The lowest BCUT2D eigenvalue weighted by Gasteiger charge is -2.11. The van der Waals surface area contributed by atoms with Crippen molar-refractivity contribution in [2.45, 2.75) is 33.2 Å². The maximum absolute atomic E-state index is 4.60. The molecule has 0 fully saturated rings. The first-order chi connectivity index (χ1) is 10.8. The van der Waals surface area contributed by atoms with Gasteiger partial charge in [-0.1, -0.05) is 37.3 Å². The summed E-state index contributed by atoms with van der Waals surface area (Å²) in [5.41, 5.74) is 2.38. The van der Waals surface area contributed by atoms with Crippen LogP contribution in [0.5, 0.6) is 0 Å². The maximum atomic E-state index is 4.60. The van der Waals surface area contributed by atoms with Crippen molar-refractivity contribution in [3.63, 3.8) is 0 Å². The molecule has 2 rings (SSSR count). The smallest absolute Gasteiger partial charge is 0.191 e. The van der Waals surface area contributed by atoms with Crippen LogP contribution in [0, 0.1) is 0 Å². The number of hydrogen-bond donors (Lipinski definition) is 2. The molecule has 2 aromatic rings. The number of aromatic nitrogens is 1. The number of aryl methyl sites for hydroxylation is 1. The van der Waals surface area contributed by atoms with E-state index in [2.05, 4.69) is 64.1 Å². The summed E-state index contributed by atoms with van der Waals surface area (Å²) >= 11 is 1.71. The SMILES string of the molecule is CCNC(=NCc1csc(CC)n1)NCCc1ccccc1. The van der Waals surface area contributed by atoms with Crippen LogP contribution in [0.3, 0.4) is 0 Å². The van der Waals surface area contributed by atoms with Crippen molar-refractivity contribution in [2.75, 3.05) is 13.1 Å². The van der Waals surface area contributed by atoms with Gasteiger partial charge in [0.1, 0.15) is 0 Å². The van der Waals surface area contributed by atoms with Crippen molar-refractivity contribution in [1.82, 2.24) is 15.6 Å². The molecule has 0 unspecified atom stereocenters. The van der Waals surface area contributed by atoms with Gasteiger partial charge in [-0.25, -0.2) is 9.98 Å². The third kappa shape index (κ3) is 5.48. The van der Waals surface area contributed by atoms with E-state index in [0.29, 0.717) is 6.54 Å². The third-order valence-corrected chi connectivity index (χ3v) is 4.24. The Labute approximate surface area is 136 Å². The molecule has 0 aliphatic heterocycles. The van der Waals surface area contributed by atoms with Gasteiger partial charge in [0.15, 0.2) is 5.96 Å². The summed E-state index contributed by atoms with van der Waals surface area (Å²) in [4.78, 5) is 9.15. The molecule has 1 aromatic heterocycles. The lowest BCUT2D eigenvalue weighted by atomic mass is 10.1. The molecule has 0 spiro atoms. The molecular formula is C17H24N4S. The molecule has 1 aromatic carbocycles. The molecule has 0 atom stereocenters. The molecule has 5 heteroatoms. The van der Waals surface area contributed by atoms with Gasteiger partial charge in [-0.2, -0.15) is 0 Å². The summed E-state index contributed by atoms with van der Waals surface area (Å²) in [6.45, 7) is 6.55. The Balaban J connectivity index is 1.84. The highest BCUT2D eigenvalue weighted by Gasteiger charge is 2.01. The van der Waals surface area contributed by atoms with Gasteiger partial charge in [0.25, 0.3) is 0 Å². The van der Waals surface area contributed by atoms with Crippen LogP contribution >= 0.6 is 11.3 Å². The fraction of sp³-hybridized carbons (Fsp3) is 0.412. The van der Waals surface area contributed by atoms with Crippen molar-refractivity contribution < 1.29 is 0 Å². The Morgan fingerprint density at radius 1 is 1.18 bits per heavy atom. The Kier molecular flexibility index (Phi) is 6.90. The third-order valence-electron chi connectivity index (χ3n) is 3.19. The van der Waals surface area contributed by atoms with Crippen molar-refractivity contribution >= 4 is 17.3 Å². The van der Waals surface area contributed by atoms with Crippen LogP contribution in [0.15, 0.2) is 40.7 Å². The summed E-state index contributed by atoms with van der Waals surface area (Å²) in [6, 6.07) is 10.5. The minimum absolute atomic E-state index is 0.622. The van der Waals surface area contributed by atoms with Gasteiger partial charge >= 0.3 is 0 Å². The van der Waals surface area contributed by atoms with E-state index in [0.717, 1.165) is 37.6 Å². The largest absolute Gasteiger partial charge is 0.357 e. The second-order valence-electron chi connectivity index (χ2n) is 4.94. The Morgan fingerprint density at radius 3 is 2.68 bits per heavy atom. The molecule has 0 radical (unpaired) electrons. The fourth-order valence-electron chi connectivity index (χ4n) is 2.06. The highest BCUT2D eigenvalue weighted by Crippen LogP contribution is 2.10. The van der Waals surface area contributed by atoms with Crippen LogP contribution in [0.2, 0.25) is 0 Å². The number of thiazole rings is 1. The number of nitrogens with one attached hydrogen (secondary N) is 2. The van der Waals surface area contributed by atoms with Gasteiger partial charge < -0.3 is 10.6 Å². The molecule has 2 N–H and O–H groups in total. The molecule has 0 amide bonds. The first-order valence-electron chi connectivity index (χ1n) is 7.81. The van der Waals surface area contributed by atoms with Gasteiger partial charge in [0.2, 0.25) is 0 Å². The molecule has 118 valence electrons. The minimum atomic E-state index is 0.622. The zero-order chi connectivity index (χ0) is 15.6. The number of hydrogen-bond acceptors (Lipinski definition) is 3. The van der Waals surface area contributed by atoms with Crippen LogP contribution in [0.25, 0.3) is 0 Å². The monoisotopic (exact) mass is 316 g/mol. The van der Waals surface area contributed by atoms with E-state index < -0.39 is 0 Å². The summed E-state index contributed by atoms with van der Waals surface area (Å²) in [6.07, 6.45) is 1.98. The number of benzene rings is 1. The lowest BCUT2D eigenvalue weighted by molar-refractivity contribution is 0.797. The van der Waals surface area contributed by atoms with Gasteiger partial charge in [0.05, 0.1) is 17.2 Å². The topological polar surface area (TPSA) is 49.3 Å². The van der Waals surface area contributed by atoms with E-state index >= 15 is 0 Å². The number of guanidine groups is 1. The summed E-state index contributed by atoms with van der Waals surface area (Å²) in [5, 5.41) is 9.92. The second-order valence-corrected chi connectivity index (χ2v) is 5.89. The predicted molar refractivity (Wildman–Crippen MR) is 94.5 cm³/mol. The van der Waals surface area contributed by atoms with E-state index in [1.807, 2.05) is 6.07 Å². The Hall–Kier alpha value is -1.88. The molecule has 0 aliphatic rings. The van der Waals surface area contributed by atoms with Crippen molar-refractivity contribution in [2.24, 2.45) is 4.99 Å². The summed E-state index contributed by atoms with van der Waals surface area (Å²) in [5.74, 6) is 0.851. The molecule has 0 aliphatic carbocycles. The molecule has 22 heavy (non-hydrogen) atoms. The molecule has 4 nitrogen and oxygen atoms in total. The highest BCUT2D eigenvalue weighted by molar-refractivity contribution is 7.09.